The fraction of sp³-hybridized carbons (Fsp3) is 0.444. The molecule has 0 aliphatic rings. The molecule has 0 aromatic carbocycles. The molecule has 2 N–H and O–H groups in total. The van der Waals surface area contributed by atoms with Crippen LogP contribution >= 0.6 is 0 Å². The summed E-state index contributed by atoms with van der Waals surface area (Å²) in [5.74, 6) is 2.27. The Balaban J connectivity index is 3.15. The number of terminal acetylenes is 1. The van der Waals surface area contributed by atoms with Crippen LogP contribution in [0.2, 0.25) is 0 Å². The molecule has 0 atom stereocenters. The van der Waals surface area contributed by atoms with E-state index in [1.165, 1.54) is 6.20 Å². The van der Waals surface area contributed by atoms with Gasteiger partial charge in [-0.05, 0) is 0 Å². The number of aromatic amines is 1. The summed E-state index contributed by atoms with van der Waals surface area (Å²) in [6.07, 6.45) is 6.37. The van der Waals surface area contributed by atoms with Crippen LogP contribution in [0.1, 0.15) is 12.5 Å². The molecule has 1 aromatic heterocycles. The Morgan fingerprint density at radius 1 is 1.69 bits per heavy atom. The average molecular weight is 243 g/mol. The molecule has 16 heavy (non-hydrogen) atoms. The van der Waals surface area contributed by atoms with Crippen molar-refractivity contribution >= 4 is 10.0 Å². The van der Waals surface area contributed by atoms with Gasteiger partial charge in [-0.2, -0.15) is 9.40 Å². The lowest BCUT2D eigenvalue weighted by Crippen LogP contribution is -2.32. The lowest BCUT2D eigenvalue weighted by atomic mass is 10.4. The van der Waals surface area contributed by atoms with E-state index in [0.717, 1.165) is 4.31 Å². The Morgan fingerprint density at radius 3 is 2.88 bits per heavy atom. The van der Waals surface area contributed by atoms with Crippen LogP contribution in [0.3, 0.4) is 0 Å². The van der Waals surface area contributed by atoms with E-state index in [1.54, 1.807) is 6.92 Å². The molecular weight excluding hydrogens is 230 g/mol. The first kappa shape index (κ1) is 12.7. The predicted molar refractivity (Wildman–Crippen MR) is 57.8 cm³/mol. The van der Waals surface area contributed by atoms with Gasteiger partial charge in [-0.15, -0.1) is 6.42 Å². The summed E-state index contributed by atoms with van der Waals surface area (Å²) >= 11 is 0. The number of hydrogen-bond acceptors (Lipinski definition) is 4. The van der Waals surface area contributed by atoms with Gasteiger partial charge in [-0.25, -0.2) is 8.42 Å². The summed E-state index contributed by atoms with van der Waals surface area (Å²) in [4.78, 5) is 0. The van der Waals surface area contributed by atoms with Gasteiger partial charge in [0.1, 0.15) is 0 Å². The van der Waals surface area contributed by atoms with E-state index >= 15 is 0 Å². The number of rotatable bonds is 5. The lowest BCUT2D eigenvalue weighted by molar-refractivity contribution is 0.278. The van der Waals surface area contributed by atoms with Crippen molar-refractivity contribution in [1.29, 1.82) is 0 Å². The molecule has 0 amide bonds. The fourth-order valence-electron chi connectivity index (χ4n) is 1.23. The molecule has 1 aromatic rings. The Labute approximate surface area is 94.3 Å². The zero-order valence-corrected chi connectivity index (χ0v) is 9.66. The number of hydrogen-bond donors (Lipinski definition) is 2. The first-order chi connectivity index (χ1) is 7.57. The zero-order valence-electron chi connectivity index (χ0n) is 8.84. The number of aliphatic hydroxyl groups is 1. The minimum absolute atomic E-state index is 0.0112. The quantitative estimate of drug-likeness (QED) is 0.685. The van der Waals surface area contributed by atoms with Crippen molar-refractivity contribution in [3.05, 3.63) is 11.8 Å². The van der Waals surface area contributed by atoms with Crippen LogP contribution in [0.5, 0.6) is 0 Å². The van der Waals surface area contributed by atoms with Crippen molar-refractivity contribution in [2.24, 2.45) is 0 Å². The molecule has 1 rings (SSSR count). The van der Waals surface area contributed by atoms with Gasteiger partial charge in [0.15, 0.2) is 5.03 Å². The molecule has 88 valence electrons. The topological polar surface area (TPSA) is 86.3 Å². The molecule has 0 aliphatic heterocycles. The lowest BCUT2D eigenvalue weighted by Gasteiger charge is -2.16. The number of sulfonamides is 1. The SMILES string of the molecule is C#CCN(CC)S(=O)(=O)c1[nH]ncc1CO. The second-order valence-electron chi connectivity index (χ2n) is 3.02. The monoisotopic (exact) mass is 243 g/mol. The molecule has 0 unspecified atom stereocenters. The maximum absolute atomic E-state index is 12.0. The largest absolute Gasteiger partial charge is 0.392 e. The van der Waals surface area contributed by atoms with Crippen molar-refractivity contribution < 1.29 is 13.5 Å². The maximum atomic E-state index is 12.0. The third-order valence-corrected chi connectivity index (χ3v) is 4.00. The smallest absolute Gasteiger partial charge is 0.261 e. The van der Waals surface area contributed by atoms with Crippen LogP contribution in [-0.4, -0.2) is 41.1 Å². The molecule has 1 heterocycles. The summed E-state index contributed by atoms with van der Waals surface area (Å²) in [6.45, 7) is 1.54. The highest BCUT2D eigenvalue weighted by molar-refractivity contribution is 7.89. The molecule has 6 nitrogen and oxygen atoms in total. The van der Waals surface area contributed by atoms with Crippen LogP contribution in [0.25, 0.3) is 0 Å². The molecule has 0 bridgehead atoms. The predicted octanol–water partition coefficient (Wildman–Crippen LogP) is -0.454. The minimum atomic E-state index is -3.70. The van der Waals surface area contributed by atoms with Crippen LogP contribution in [-0.2, 0) is 16.6 Å². The maximum Gasteiger partial charge on any atom is 0.261 e. The average Bonchev–Trinajstić information content (AvgIpc) is 2.74. The number of aliphatic hydroxyl groups excluding tert-OH is 1. The minimum Gasteiger partial charge on any atom is -0.392 e. The van der Waals surface area contributed by atoms with Crippen molar-refractivity contribution in [3.63, 3.8) is 0 Å². The molecule has 0 radical (unpaired) electrons. The summed E-state index contributed by atoms with van der Waals surface area (Å²) in [5.41, 5.74) is 0.232. The second-order valence-corrected chi connectivity index (χ2v) is 4.89. The Morgan fingerprint density at radius 2 is 2.38 bits per heavy atom. The van der Waals surface area contributed by atoms with E-state index in [4.69, 9.17) is 11.5 Å². The van der Waals surface area contributed by atoms with Gasteiger partial charge in [0.2, 0.25) is 0 Å². The highest BCUT2D eigenvalue weighted by Gasteiger charge is 2.26. The molecule has 0 saturated carbocycles. The molecule has 7 heteroatoms. The van der Waals surface area contributed by atoms with Gasteiger partial charge in [-0.3, -0.25) is 5.10 Å². The Hall–Kier alpha value is -1.36. The van der Waals surface area contributed by atoms with Gasteiger partial charge in [-0.1, -0.05) is 12.8 Å². The number of H-pyrrole nitrogens is 1. The van der Waals surface area contributed by atoms with Crippen LogP contribution in [0, 0.1) is 12.3 Å². The van der Waals surface area contributed by atoms with Crippen LogP contribution in [0.15, 0.2) is 11.2 Å². The number of nitrogens with zero attached hydrogens (tertiary/aromatic N) is 2. The van der Waals surface area contributed by atoms with E-state index in [-0.39, 0.29) is 23.7 Å². The van der Waals surface area contributed by atoms with Crippen molar-refractivity contribution in [2.45, 2.75) is 18.6 Å². The Kier molecular flexibility index (Phi) is 4.06. The molecule has 0 saturated heterocycles. The van der Waals surface area contributed by atoms with Crippen LogP contribution in [0.4, 0.5) is 0 Å². The van der Waals surface area contributed by atoms with Crippen molar-refractivity contribution in [3.8, 4) is 12.3 Å². The molecule has 0 spiro atoms. The third kappa shape index (κ3) is 2.24. The summed E-state index contributed by atoms with van der Waals surface area (Å²) in [7, 11) is -3.70. The number of aromatic nitrogens is 2. The Bertz CT molecular complexity index is 486. The van der Waals surface area contributed by atoms with Gasteiger partial charge in [0.25, 0.3) is 10.0 Å². The van der Waals surface area contributed by atoms with Gasteiger partial charge < -0.3 is 5.11 Å². The standard InChI is InChI=1S/C9H13N3O3S/c1-3-5-12(4-2)16(14,15)9-8(7-13)6-10-11-9/h1,6,13H,4-5,7H2,2H3,(H,10,11). The van der Waals surface area contributed by atoms with Crippen molar-refractivity contribution in [2.75, 3.05) is 13.1 Å². The summed E-state index contributed by atoms with van der Waals surface area (Å²) < 4.78 is 25.2. The number of nitrogens with one attached hydrogen (secondary N) is 1. The highest BCUT2D eigenvalue weighted by atomic mass is 32.2. The highest BCUT2D eigenvalue weighted by Crippen LogP contribution is 2.16. The van der Waals surface area contributed by atoms with E-state index in [2.05, 4.69) is 16.1 Å². The third-order valence-electron chi connectivity index (χ3n) is 2.07. The van der Waals surface area contributed by atoms with E-state index in [1.807, 2.05) is 0 Å². The zero-order chi connectivity index (χ0) is 12.2. The summed E-state index contributed by atoms with van der Waals surface area (Å²) in [6, 6.07) is 0. The van der Waals surface area contributed by atoms with Crippen LogP contribution < -0.4 is 0 Å². The van der Waals surface area contributed by atoms with E-state index in [9.17, 15) is 8.42 Å². The second kappa shape index (κ2) is 5.12. The van der Waals surface area contributed by atoms with Gasteiger partial charge in [0.05, 0.1) is 19.3 Å². The van der Waals surface area contributed by atoms with Crippen molar-refractivity contribution in [1.82, 2.24) is 14.5 Å². The van der Waals surface area contributed by atoms with Gasteiger partial charge >= 0.3 is 0 Å². The fourth-order valence-corrected chi connectivity index (χ4v) is 2.69. The first-order valence-electron chi connectivity index (χ1n) is 4.64. The molecular formula is C9H13N3O3S. The first-order valence-corrected chi connectivity index (χ1v) is 6.08. The van der Waals surface area contributed by atoms with Gasteiger partial charge in [0, 0.05) is 12.1 Å². The normalized spacial score (nSPS) is 11.6. The van der Waals surface area contributed by atoms with E-state index < -0.39 is 16.6 Å². The molecule has 0 aliphatic carbocycles. The molecule has 0 fully saturated rings. The van der Waals surface area contributed by atoms with E-state index in [0.29, 0.717) is 0 Å². The summed E-state index contributed by atoms with van der Waals surface area (Å²) in [5, 5.41) is 14.8.